The van der Waals surface area contributed by atoms with Gasteiger partial charge >= 0.3 is 5.97 Å². The number of hydrogen-bond donors (Lipinski definition) is 3. The lowest BCUT2D eigenvalue weighted by Crippen LogP contribution is -2.23. The van der Waals surface area contributed by atoms with E-state index in [1.165, 1.54) is 42.5 Å². The molecule has 3 aromatic rings. The highest BCUT2D eigenvalue weighted by Gasteiger charge is 2.35. The Morgan fingerprint density at radius 3 is 2.00 bits per heavy atom. The van der Waals surface area contributed by atoms with Gasteiger partial charge in [0.2, 0.25) is 0 Å². The lowest BCUT2D eigenvalue weighted by Gasteiger charge is -2.11. The summed E-state index contributed by atoms with van der Waals surface area (Å²) in [6, 6.07) is 9.50. The summed E-state index contributed by atoms with van der Waals surface area (Å²) < 4.78 is 69.7. The Morgan fingerprint density at radius 1 is 0.951 bits per heavy atom. The fourth-order valence-electron chi connectivity index (χ4n) is 3.79. The van der Waals surface area contributed by atoms with Crippen LogP contribution in [0.3, 0.4) is 0 Å². The summed E-state index contributed by atoms with van der Waals surface area (Å²) in [6.07, 6.45) is 4.02. The van der Waals surface area contributed by atoms with Gasteiger partial charge in [-0.25, -0.2) is 9.48 Å². The fraction of sp³-hybridized carbons (Fsp3) is 0.120. The number of allylic oxidation sites excluding steroid dienone is 2. The molecule has 1 aliphatic rings. The number of nitrogens with one attached hydrogen (secondary N) is 1. The maximum atomic E-state index is 13.2. The molecule has 2 heterocycles. The first kappa shape index (κ1) is 29.3. The largest absolute Gasteiger partial charge is 0.461 e. The molecule has 0 spiro atoms. The molecule has 0 unspecified atom stereocenters. The number of anilines is 1. The van der Waals surface area contributed by atoms with Gasteiger partial charge in [-0.3, -0.25) is 23.8 Å². The monoisotopic (exact) mass is 602 g/mol. The molecule has 214 valence electrons. The van der Waals surface area contributed by atoms with Crippen LogP contribution in [0, 0.1) is 6.92 Å². The number of esters is 1. The van der Waals surface area contributed by atoms with Crippen molar-refractivity contribution >= 4 is 49.6 Å². The Balaban J connectivity index is 1.66. The molecule has 0 aliphatic carbocycles. The number of carbonyl (C=O) groups excluding carboxylic acids is 2. The predicted octanol–water partition coefficient (Wildman–Crippen LogP) is 1.87. The predicted molar refractivity (Wildman–Crippen MR) is 146 cm³/mol. The maximum Gasteiger partial charge on any atom is 0.359 e. The summed E-state index contributed by atoms with van der Waals surface area (Å²) in [4.78, 5) is 38.0. The van der Waals surface area contributed by atoms with Gasteiger partial charge in [0, 0.05) is 5.69 Å². The Morgan fingerprint density at radius 2 is 1.49 bits per heavy atom. The molecule has 1 aromatic heterocycles. The van der Waals surface area contributed by atoms with Gasteiger partial charge < -0.3 is 4.74 Å². The summed E-state index contributed by atoms with van der Waals surface area (Å²) in [5.41, 5.74) is 0.0482. The number of amides is 1. The highest BCUT2D eigenvalue weighted by atomic mass is 32.2. The van der Waals surface area contributed by atoms with Crippen LogP contribution in [-0.4, -0.2) is 59.9 Å². The van der Waals surface area contributed by atoms with Crippen molar-refractivity contribution in [3.8, 4) is 5.69 Å². The molecule has 0 radical (unpaired) electrons. The van der Waals surface area contributed by atoms with Gasteiger partial charge in [0.1, 0.15) is 0 Å². The summed E-state index contributed by atoms with van der Waals surface area (Å²) >= 11 is 0. The van der Waals surface area contributed by atoms with E-state index in [9.17, 15) is 35.8 Å². The second-order valence-electron chi connectivity index (χ2n) is 8.45. The zero-order valence-electron chi connectivity index (χ0n) is 21.4. The van der Waals surface area contributed by atoms with Gasteiger partial charge in [0.15, 0.2) is 5.71 Å². The first-order chi connectivity index (χ1) is 19.2. The van der Waals surface area contributed by atoms with E-state index in [-0.39, 0.29) is 34.0 Å². The smallest absolute Gasteiger partial charge is 0.359 e. The summed E-state index contributed by atoms with van der Waals surface area (Å²) in [6.45, 7) is 3.19. The Hall–Kier alpha value is -4.64. The van der Waals surface area contributed by atoms with E-state index in [0.717, 1.165) is 34.0 Å². The average molecular weight is 603 g/mol. The Kier molecular flexibility index (Phi) is 7.94. The molecule has 1 aliphatic heterocycles. The molecular weight excluding hydrogens is 580 g/mol. The number of nitrogens with zero attached hydrogens (tertiary/aromatic N) is 3. The van der Waals surface area contributed by atoms with Crippen molar-refractivity contribution in [1.29, 1.82) is 0 Å². The van der Waals surface area contributed by atoms with Gasteiger partial charge in [-0.15, -0.1) is 0 Å². The maximum absolute atomic E-state index is 13.2. The van der Waals surface area contributed by atoms with Crippen LogP contribution in [0.25, 0.3) is 11.8 Å². The standard InChI is InChI=1S/C25H22N4O10S2/c1-3-39-25(32)22-21(24(31)29(27-22)17-9-13-19(14-10-17)41(36,37)38)6-4-5-20-15(2)26-28(23(20)30)16-7-11-18(12-8-16)40(33,34)35/h4-14,26H,3H2,1-2H3,(H,33,34,35)(H,36,37,38). The molecule has 0 saturated carbocycles. The normalized spacial score (nSPS) is 15.1. The molecule has 16 heteroatoms. The molecular formula is C25H22N4O10S2. The molecule has 1 amide bonds. The molecule has 4 rings (SSSR count). The molecule has 41 heavy (non-hydrogen) atoms. The first-order valence-electron chi connectivity index (χ1n) is 11.7. The fourth-order valence-corrected chi connectivity index (χ4v) is 4.75. The minimum Gasteiger partial charge on any atom is -0.461 e. The number of H-pyrrole nitrogens is 1. The molecule has 0 saturated heterocycles. The highest BCUT2D eigenvalue weighted by Crippen LogP contribution is 2.26. The van der Waals surface area contributed by atoms with Crippen LogP contribution in [0.2, 0.25) is 0 Å². The number of hydrogen-bond acceptors (Lipinski definition) is 9. The van der Waals surface area contributed by atoms with Crippen molar-refractivity contribution in [2.75, 3.05) is 11.6 Å². The van der Waals surface area contributed by atoms with Gasteiger partial charge in [-0.05, 0) is 74.5 Å². The lowest BCUT2D eigenvalue weighted by molar-refractivity contribution is -0.135. The number of benzene rings is 2. The van der Waals surface area contributed by atoms with E-state index in [0.29, 0.717) is 11.4 Å². The molecule has 3 N–H and O–H groups in total. The summed E-state index contributed by atoms with van der Waals surface area (Å²) in [5.74, 6) is -1.62. The van der Waals surface area contributed by atoms with E-state index in [1.54, 1.807) is 13.8 Å². The van der Waals surface area contributed by atoms with Crippen LogP contribution in [-0.2, 0) is 34.6 Å². The minimum absolute atomic E-state index is 0.00548. The second-order valence-corrected chi connectivity index (χ2v) is 11.3. The zero-order valence-corrected chi connectivity index (χ0v) is 23.0. The third-order valence-corrected chi connectivity index (χ3v) is 7.50. The quantitative estimate of drug-likeness (QED) is 0.194. The topological polar surface area (TPSA) is 205 Å². The van der Waals surface area contributed by atoms with Gasteiger partial charge in [0.25, 0.3) is 31.7 Å². The van der Waals surface area contributed by atoms with Gasteiger partial charge in [-0.1, -0.05) is 6.08 Å². The van der Waals surface area contributed by atoms with Crippen LogP contribution in [0.1, 0.15) is 18.2 Å². The summed E-state index contributed by atoms with van der Waals surface area (Å²) in [5, 5.41) is 7.75. The van der Waals surface area contributed by atoms with E-state index in [1.807, 2.05) is 0 Å². The van der Waals surface area contributed by atoms with Crippen molar-refractivity contribution in [1.82, 2.24) is 9.78 Å². The third kappa shape index (κ3) is 6.09. The van der Waals surface area contributed by atoms with E-state index >= 15 is 0 Å². The number of hydrazone groups is 1. The summed E-state index contributed by atoms with van der Waals surface area (Å²) in [7, 11) is -8.87. The van der Waals surface area contributed by atoms with Crippen molar-refractivity contribution < 1.29 is 40.3 Å². The third-order valence-electron chi connectivity index (χ3n) is 5.76. The van der Waals surface area contributed by atoms with Crippen LogP contribution >= 0.6 is 0 Å². The molecule has 14 nitrogen and oxygen atoms in total. The number of carbonyl (C=O) groups is 2. The van der Waals surface area contributed by atoms with Crippen molar-refractivity contribution in [3.63, 3.8) is 0 Å². The van der Waals surface area contributed by atoms with E-state index in [4.69, 9.17) is 9.29 Å². The van der Waals surface area contributed by atoms with Crippen LogP contribution in [0.15, 0.2) is 85.9 Å². The Bertz CT molecular complexity index is 1900. The zero-order chi connectivity index (χ0) is 30.1. The van der Waals surface area contributed by atoms with Crippen LogP contribution in [0.4, 0.5) is 5.69 Å². The van der Waals surface area contributed by atoms with Gasteiger partial charge in [0.05, 0.1) is 38.9 Å². The van der Waals surface area contributed by atoms with E-state index in [2.05, 4.69) is 10.2 Å². The van der Waals surface area contributed by atoms with Crippen LogP contribution < -0.4 is 10.6 Å². The van der Waals surface area contributed by atoms with Crippen molar-refractivity contribution in [2.45, 2.75) is 23.6 Å². The van der Waals surface area contributed by atoms with Crippen molar-refractivity contribution in [2.24, 2.45) is 5.10 Å². The van der Waals surface area contributed by atoms with Gasteiger partial charge in [-0.2, -0.15) is 26.9 Å². The average Bonchev–Trinajstić information content (AvgIpc) is 3.39. The molecule has 2 aromatic carbocycles. The first-order valence-corrected chi connectivity index (χ1v) is 14.6. The minimum atomic E-state index is -4.47. The molecule has 0 atom stereocenters. The number of aryl methyl sites for hydroxylation is 1. The second kappa shape index (κ2) is 11.1. The lowest BCUT2D eigenvalue weighted by atomic mass is 10.1. The Labute approximate surface area is 233 Å². The SMILES string of the molecule is CCOC(=O)C1=NN(c2ccc(S(=O)(=O)O)cc2)C(=O)C1=CC=Cc1c(C)[nH]n(-c2ccc(S(=O)(=O)O)cc2)c1=O. The van der Waals surface area contributed by atoms with Crippen molar-refractivity contribution in [3.05, 3.63) is 87.9 Å². The number of aromatic amines is 1. The van der Waals surface area contributed by atoms with Crippen LogP contribution in [0.5, 0.6) is 0 Å². The number of aromatic nitrogens is 2. The van der Waals surface area contributed by atoms with E-state index < -0.39 is 42.6 Å². The number of ether oxygens (including phenoxy) is 1. The number of rotatable bonds is 8. The molecule has 0 bridgehead atoms. The highest BCUT2D eigenvalue weighted by molar-refractivity contribution is 7.86. The molecule has 0 fully saturated rings.